The largest absolute Gasteiger partial charge is 0.481 e. The van der Waals surface area contributed by atoms with Crippen LogP contribution in [0.1, 0.15) is 29.8 Å². The number of anilines is 1. The second-order valence-electron chi connectivity index (χ2n) is 6.13. The molecule has 0 aromatic carbocycles. The summed E-state index contributed by atoms with van der Waals surface area (Å²) in [7, 11) is -2.91. The minimum Gasteiger partial charge on any atom is -0.481 e. The summed E-state index contributed by atoms with van der Waals surface area (Å²) < 4.78 is 66.9. The number of nitrogens with zero attached hydrogens (tertiary/aromatic N) is 3. The molecule has 14 heteroatoms. The van der Waals surface area contributed by atoms with Crippen LogP contribution in [0.3, 0.4) is 0 Å². The number of halogens is 3. The molecule has 3 rings (SSSR count). The van der Waals surface area contributed by atoms with Crippen LogP contribution in [0, 0.1) is 0 Å². The Hall–Kier alpha value is -2.45. The third-order valence-electron chi connectivity index (χ3n) is 4.06. The number of carboxylic acid groups (broad SMARTS) is 1. The van der Waals surface area contributed by atoms with Gasteiger partial charge < -0.3 is 5.11 Å². The lowest BCUT2D eigenvalue weighted by Gasteiger charge is -2.05. The van der Waals surface area contributed by atoms with E-state index in [1.165, 1.54) is 18.3 Å². The van der Waals surface area contributed by atoms with Gasteiger partial charge in [-0.3, -0.25) is 14.2 Å². The second kappa shape index (κ2) is 8.00. The fourth-order valence-electron chi connectivity index (χ4n) is 2.61. The molecular formula is C16H15F3N4O4S3. The quantitative estimate of drug-likeness (QED) is 0.528. The van der Waals surface area contributed by atoms with Crippen molar-refractivity contribution < 1.29 is 31.5 Å². The Morgan fingerprint density at radius 1 is 1.33 bits per heavy atom. The number of nitrogens with one attached hydrogen (secondary N) is 1. The molecule has 0 aliphatic rings. The zero-order valence-electron chi connectivity index (χ0n) is 15.5. The second-order valence-corrected chi connectivity index (χ2v) is 10.2. The number of aryl methyl sites for hydroxylation is 1. The van der Waals surface area contributed by atoms with Crippen molar-refractivity contribution >= 4 is 43.8 Å². The molecule has 1 atom stereocenters. The molecule has 2 N–H and O–H groups in total. The van der Waals surface area contributed by atoms with Crippen molar-refractivity contribution in [1.82, 2.24) is 14.8 Å². The average molecular weight is 481 g/mol. The molecule has 3 aromatic heterocycles. The van der Waals surface area contributed by atoms with Crippen LogP contribution < -0.4 is 4.72 Å². The van der Waals surface area contributed by atoms with E-state index in [0.29, 0.717) is 16.0 Å². The van der Waals surface area contributed by atoms with Gasteiger partial charge in [-0.15, -0.1) is 22.7 Å². The zero-order valence-corrected chi connectivity index (χ0v) is 17.9. The minimum absolute atomic E-state index is 0.0000515. The molecule has 0 aliphatic carbocycles. The van der Waals surface area contributed by atoms with E-state index in [4.69, 9.17) is 0 Å². The summed E-state index contributed by atoms with van der Waals surface area (Å²) in [6, 6.07) is 3.47. The van der Waals surface area contributed by atoms with Crippen molar-refractivity contribution in [2.45, 2.75) is 29.6 Å². The number of aromatic nitrogens is 3. The number of carboxylic acids is 1. The number of thiophene rings is 1. The van der Waals surface area contributed by atoms with E-state index in [1.54, 1.807) is 6.92 Å². The number of rotatable bonds is 7. The third kappa shape index (κ3) is 4.49. The van der Waals surface area contributed by atoms with Gasteiger partial charge in [0.15, 0.2) is 5.13 Å². The average Bonchev–Trinajstić information content (AvgIpc) is 3.33. The van der Waals surface area contributed by atoms with Gasteiger partial charge in [0.25, 0.3) is 10.0 Å². The zero-order chi connectivity index (χ0) is 22.3. The summed E-state index contributed by atoms with van der Waals surface area (Å²) in [6.07, 6.45) is -2.96. The van der Waals surface area contributed by atoms with E-state index in [9.17, 15) is 31.5 Å². The highest BCUT2D eigenvalue weighted by Gasteiger charge is 2.35. The predicted octanol–water partition coefficient (Wildman–Crippen LogP) is 4.00. The maximum absolute atomic E-state index is 12.9. The molecule has 30 heavy (non-hydrogen) atoms. The molecule has 8 nitrogen and oxygen atoms in total. The number of alkyl halides is 3. The Morgan fingerprint density at radius 2 is 2.03 bits per heavy atom. The molecule has 0 saturated heterocycles. The number of sulfonamides is 1. The van der Waals surface area contributed by atoms with Crippen LogP contribution in [0.25, 0.3) is 10.6 Å². The lowest BCUT2D eigenvalue weighted by Crippen LogP contribution is -2.11. The van der Waals surface area contributed by atoms with Crippen LogP contribution in [-0.4, -0.2) is 34.3 Å². The lowest BCUT2D eigenvalue weighted by atomic mass is 10.1. The fraction of sp³-hybridized carbons (Fsp3) is 0.312. The SMILES string of the molecule is CCC(C(=O)O)c1cnc(NS(=O)(=O)c2ccc(-c3cc(C(F)(F)F)n(C)n3)s2)s1. The van der Waals surface area contributed by atoms with E-state index in [1.807, 2.05) is 0 Å². The number of hydrogen-bond acceptors (Lipinski definition) is 7. The van der Waals surface area contributed by atoms with Crippen molar-refractivity contribution in [2.75, 3.05) is 4.72 Å². The molecule has 0 fully saturated rings. The predicted molar refractivity (Wildman–Crippen MR) is 105 cm³/mol. The summed E-state index contributed by atoms with van der Waals surface area (Å²) in [6.45, 7) is 1.69. The molecule has 3 heterocycles. The van der Waals surface area contributed by atoms with Gasteiger partial charge in [0.05, 0.1) is 10.8 Å². The van der Waals surface area contributed by atoms with E-state index in [2.05, 4.69) is 14.8 Å². The molecule has 0 saturated carbocycles. The molecule has 0 amide bonds. The van der Waals surface area contributed by atoms with Crippen LogP contribution in [0.5, 0.6) is 0 Å². The molecule has 162 valence electrons. The topological polar surface area (TPSA) is 114 Å². The van der Waals surface area contributed by atoms with Gasteiger partial charge in [-0.05, 0) is 24.6 Å². The van der Waals surface area contributed by atoms with Crippen LogP contribution in [-0.2, 0) is 28.0 Å². The number of aliphatic carboxylic acids is 1. The summed E-state index contributed by atoms with van der Waals surface area (Å²) in [5, 5.41) is 13.0. The molecule has 0 spiro atoms. The lowest BCUT2D eigenvalue weighted by molar-refractivity contribution is -0.143. The first-order valence-electron chi connectivity index (χ1n) is 8.35. The van der Waals surface area contributed by atoms with Gasteiger partial charge in [0, 0.05) is 18.1 Å². The Balaban J connectivity index is 1.83. The molecule has 0 aliphatic heterocycles. The minimum atomic E-state index is -4.58. The smallest absolute Gasteiger partial charge is 0.433 e. The standard InChI is InChI=1S/C16H15F3N4O4S3/c1-3-8(14(24)25)11-7-20-15(29-11)22-30(26,27)13-5-4-10(28-13)9-6-12(16(17,18)19)23(2)21-9/h4-8H,3H2,1-2H3,(H,20,22)(H,24,25). The maximum Gasteiger partial charge on any atom is 0.433 e. The van der Waals surface area contributed by atoms with E-state index in [0.717, 1.165) is 35.8 Å². The van der Waals surface area contributed by atoms with Gasteiger partial charge in [-0.1, -0.05) is 6.92 Å². The monoisotopic (exact) mass is 480 g/mol. The Kier molecular flexibility index (Phi) is 5.93. The first-order chi connectivity index (χ1) is 13.9. The van der Waals surface area contributed by atoms with Gasteiger partial charge >= 0.3 is 12.1 Å². The first-order valence-corrected chi connectivity index (χ1v) is 11.5. The Morgan fingerprint density at radius 3 is 2.60 bits per heavy atom. The van der Waals surface area contributed by atoms with Crippen molar-refractivity contribution in [3.8, 4) is 10.6 Å². The fourth-order valence-corrected chi connectivity index (χ4v) is 6.11. The molecular weight excluding hydrogens is 465 g/mol. The van der Waals surface area contributed by atoms with Gasteiger partial charge in [0.1, 0.15) is 15.6 Å². The number of hydrogen-bond donors (Lipinski definition) is 2. The van der Waals surface area contributed by atoms with Crippen LogP contribution in [0.2, 0.25) is 0 Å². The highest BCUT2D eigenvalue weighted by Crippen LogP contribution is 2.36. The summed E-state index contributed by atoms with van der Waals surface area (Å²) in [5.41, 5.74) is -0.951. The van der Waals surface area contributed by atoms with Gasteiger partial charge in [-0.25, -0.2) is 13.4 Å². The number of thiazole rings is 1. The van der Waals surface area contributed by atoms with E-state index < -0.39 is 33.8 Å². The summed E-state index contributed by atoms with van der Waals surface area (Å²) in [5.74, 6) is -1.83. The molecule has 0 radical (unpaired) electrons. The summed E-state index contributed by atoms with van der Waals surface area (Å²) in [4.78, 5) is 15.8. The third-order valence-corrected chi connectivity index (χ3v) is 8.16. The van der Waals surface area contributed by atoms with Crippen molar-refractivity contribution in [2.24, 2.45) is 7.05 Å². The van der Waals surface area contributed by atoms with Gasteiger partial charge in [0.2, 0.25) is 0 Å². The highest BCUT2D eigenvalue weighted by molar-refractivity contribution is 7.95. The highest BCUT2D eigenvalue weighted by atomic mass is 32.2. The van der Waals surface area contributed by atoms with E-state index >= 15 is 0 Å². The van der Waals surface area contributed by atoms with Gasteiger partial charge in [-0.2, -0.15) is 18.3 Å². The van der Waals surface area contributed by atoms with Crippen LogP contribution in [0.15, 0.2) is 28.6 Å². The van der Waals surface area contributed by atoms with Crippen LogP contribution >= 0.6 is 22.7 Å². The maximum atomic E-state index is 12.9. The molecule has 1 unspecified atom stereocenters. The van der Waals surface area contributed by atoms with Crippen molar-refractivity contribution in [3.05, 3.63) is 35.0 Å². The normalized spacial score (nSPS) is 13.4. The van der Waals surface area contributed by atoms with Crippen molar-refractivity contribution in [1.29, 1.82) is 0 Å². The Bertz CT molecular complexity index is 1180. The number of carbonyl (C=O) groups is 1. The Labute approximate surface area is 177 Å². The molecule has 3 aromatic rings. The van der Waals surface area contributed by atoms with Crippen LogP contribution in [0.4, 0.5) is 18.3 Å². The molecule has 0 bridgehead atoms. The van der Waals surface area contributed by atoms with Crippen molar-refractivity contribution in [3.63, 3.8) is 0 Å². The summed E-state index contributed by atoms with van der Waals surface area (Å²) >= 11 is 1.66. The first kappa shape index (κ1) is 22.2. The van der Waals surface area contributed by atoms with E-state index in [-0.39, 0.29) is 19.9 Å².